The maximum Gasteiger partial charge on any atom is 0.416 e. The van der Waals surface area contributed by atoms with Crippen molar-refractivity contribution in [2.45, 2.75) is 26.6 Å². The Balaban J connectivity index is 1.84. The van der Waals surface area contributed by atoms with Gasteiger partial charge in [-0.2, -0.15) is 18.3 Å². The molecule has 152 valence electrons. The van der Waals surface area contributed by atoms with Crippen LogP contribution in [0.25, 0.3) is 5.69 Å². The van der Waals surface area contributed by atoms with Gasteiger partial charge in [-0.25, -0.2) is 4.68 Å². The summed E-state index contributed by atoms with van der Waals surface area (Å²) in [6.45, 7) is 3.30. The van der Waals surface area contributed by atoms with E-state index in [-0.39, 0.29) is 12.1 Å². The van der Waals surface area contributed by atoms with Gasteiger partial charge in [0, 0.05) is 17.8 Å². The minimum atomic E-state index is -4.56. The van der Waals surface area contributed by atoms with Crippen molar-refractivity contribution in [2.75, 3.05) is 7.11 Å². The van der Waals surface area contributed by atoms with Crippen LogP contribution in [0.15, 0.2) is 48.5 Å². The topological polar surface area (TPSA) is 56.1 Å². The molecule has 1 aromatic heterocycles. The van der Waals surface area contributed by atoms with Crippen molar-refractivity contribution < 1.29 is 22.7 Å². The number of nitrogens with zero attached hydrogens (tertiary/aromatic N) is 2. The van der Waals surface area contributed by atoms with E-state index in [1.807, 2.05) is 0 Å². The largest absolute Gasteiger partial charge is 0.497 e. The van der Waals surface area contributed by atoms with Gasteiger partial charge in [0.2, 0.25) is 0 Å². The van der Waals surface area contributed by atoms with Gasteiger partial charge in [-0.3, -0.25) is 4.79 Å². The third-order valence-electron chi connectivity index (χ3n) is 4.44. The van der Waals surface area contributed by atoms with Crippen LogP contribution in [0.3, 0.4) is 0 Å². The predicted octanol–water partition coefficient (Wildman–Crippen LogP) is 4.45. The van der Waals surface area contributed by atoms with Crippen LogP contribution in [0, 0.1) is 13.8 Å². The van der Waals surface area contributed by atoms with Gasteiger partial charge in [0.1, 0.15) is 5.75 Å². The zero-order valence-corrected chi connectivity index (χ0v) is 16.2. The molecule has 1 N–H and O–H groups in total. The van der Waals surface area contributed by atoms with Crippen LogP contribution < -0.4 is 10.1 Å². The number of alkyl halides is 3. The van der Waals surface area contributed by atoms with Crippen molar-refractivity contribution in [3.8, 4) is 11.4 Å². The van der Waals surface area contributed by atoms with Gasteiger partial charge in [0.05, 0.1) is 24.1 Å². The van der Waals surface area contributed by atoms with Crippen molar-refractivity contribution in [2.24, 2.45) is 0 Å². The molecule has 0 spiro atoms. The van der Waals surface area contributed by atoms with Crippen molar-refractivity contribution in [1.29, 1.82) is 0 Å². The van der Waals surface area contributed by atoms with Gasteiger partial charge < -0.3 is 10.1 Å². The van der Waals surface area contributed by atoms with E-state index in [9.17, 15) is 18.0 Å². The lowest BCUT2D eigenvalue weighted by Crippen LogP contribution is -2.24. The molecule has 29 heavy (non-hydrogen) atoms. The molecule has 0 saturated heterocycles. The number of aryl methyl sites for hydroxylation is 2. The molecule has 3 rings (SSSR count). The van der Waals surface area contributed by atoms with Crippen LogP contribution in [-0.4, -0.2) is 22.8 Å². The molecule has 0 aliphatic rings. The normalized spacial score (nSPS) is 11.4. The molecule has 0 atom stereocenters. The third-order valence-corrected chi connectivity index (χ3v) is 4.44. The molecule has 3 aromatic rings. The molecule has 0 saturated carbocycles. The number of hydrogen-bond donors (Lipinski definition) is 1. The van der Waals surface area contributed by atoms with Gasteiger partial charge in [0.15, 0.2) is 0 Å². The predicted molar refractivity (Wildman–Crippen MR) is 102 cm³/mol. The summed E-state index contributed by atoms with van der Waals surface area (Å²) in [4.78, 5) is 12.3. The maximum atomic E-state index is 13.6. The Labute approximate surface area is 166 Å². The van der Waals surface area contributed by atoms with Crippen molar-refractivity contribution in [3.63, 3.8) is 0 Å². The number of nitrogens with one attached hydrogen (secondary N) is 1. The monoisotopic (exact) mass is 403 g/mol. The van der Waals surface area contributed by atoms with Crippen LogP contribution >= 0.6 is 0 Å². The van der Waals surface area contributed by atoms with E-state index >= 15 is 0 Å². The van der Waals surface area contributed by atoms with E-state index in [4.69, 9.17) is 4.74 Å². The highest BCUT2D eigenvalue weighted by Gasteiger charge is 2.34. The number of carbonyl (C=O) groups is 1. The summed E-state index contributed by atoms with van der Waals surface area (Å²) >= 11 is 0. The number of methoxy groups -OCH3 is 1. The Kier molecular flexibility index (Phi) is 5.63. The fourth-order valence-electron chi connectivity index (χ4n) is 3.02. The number of amides is 1. The summed E-state index contributed by atoms with van der Waals surface area (Å²) in [5, 5.41) is 6.77. The molecular formula is C21H20F3N3O2. The van der Waals surface area contributed by atoms with E-state index in [0.717, 1.165) is 11.8 Å². The van der Waals surface area contributed by atoms with E-state index < -0.39 is 17.6 Å². The smallest absolute Gasteiger partial charge is 0.416 e. The van der Waals surface area contributed by atoms with E-state index in [1.165, 1.54) is 17.9 Å². The fourth-order valence-corrected chi connectivity index (χ4v) is 3.02. The number of carbonyl (C=O) groups excluding carboxylic acids is 1. The summed E-state index contributed by atoms with van der Waals surface area (Å²) in [6.07, 6.45) is -4.56. The first-order valence-electron chi connectivity index (χ1n) is 8.85. The molecule has 0 bridgehead atoms. The lowest BCUT2D eigenvalue weighted by atomic mass is 10.1. The van der Waals surface area contributed by atoms with Gasteiger partial charge in [-0.05, 0) is 61.9 Å². The number of halogens is 3. The summed E-state index contributed by atoms with van der Waals surface area (Å²) in [6, 6.07) is 12.1. The Morgan fingerprint density at radius 1 is 1.10 bits per heavy atom. The standard InChI is InChI=1S/C21H20F3N3O2/c1-13-10-14(2)27(26-13)17-7-4-16(19(11-17)21(22,23)24)12-25-20(28)15-5-8-18(29-3)9-6-15/h4-11H,12H2,1-3H3,(H,25,28). The summed E-state index contributed by atoms with van der Waals surface area (Å²) in [7, 11) is 1.50. The molecule has 8 heteroatoms. The highest BCUT2D eigenvalue weighted by molar-refractivity contribution is 5.94. The Hall–Kier alpha value is -3.29. The lowest BCUT2D eigenvalue weighted by molar-refractivity contribution is -0.138. The number of ether oxygens (including phenoxy) is 1. The molecule has 1 amide bonds. The molecule has 0 radical (unpaired) electrons. The molecule has 0 unspecified atom stereocenters. The minimum Gasteiger partial charge on any atom is -0.497 e. The number of benzene rings is 2. The molecule has 0 fully saturated rings. The second-order valence-electron chi connectivity index (χ2n) is 6.59. The van der Waals surface area contributed by atoms with E-state index in [2.05, 4.69) is 10.4 Å². The van der Waals surface area contributed by atoms with Crippen LogP contribution in [0.5, 0.6) is 5.75 Å². The Morgan fingerprint density at radius 2 is 1.79 bits per heavy atom. The molecular weight excluding hydrogens is 383 g/mol. The first-order chi connectivity index (χ1) is 13.7. The van der Waals surface area contributed by atoms with Crippen molar-refractivity contribution >= 4 is 5.91 Å². The third kappa shape index (κ3) is 4.59. The number of aromatic nitrogens is 2. The molecule has 1 heterocycles. The molecule has 0 aliphatic heterocycles. The first-order valence-corrected chi connectivity index (χ1v) is 8.85. The van der Waals surface area contributed by atoms with Gasteiger partial charge in [0.25, 0.3) is 5.91 Å². The van der Waals surface area contributed by atoms with Crippen molar-refractivity contribution in [1.82, 2.24) is 15.1 Å². The zero-order chi connectivity index (χ0) is 21.2. The number of hydrogen-bond acceptors (Lipinski definition) is 3. The maximum absolute atomic E-state index is 13.6. The minimum absolute atomic E-state index is 0.0235. The average molecular weight is 403 g/mol. The summed E-state index contributed by atoms with van der Waals surface area (Å²) in [5.41, 5.74) is 1.26. The molecule has 2 aromatic carbocycles. The molecule has 5 nitrogen and oxygen atoms in total. The Bertz CT molecular complexity index is 1020. The van der Waals surface area contributed by atoms with Crippen LogP contribution in [0.2, 0.25) is 0 Å². The van der Waals surface area contributed by atoms with Gasteiger partial charge >= 0.3 is 6.18 Å². The second kappa shape index (κ2) is 7.98. The summed E-state index contributed by atoms with van der Waals surface area (Å²) in [5.74, 6) is 0.115. The van der Waals surface area contributed by atoms with Crippen LogP contribution in [0.4, 0.5) is 13.2 Å². The summed E-state index contributed by atoms with van der Waals surface area (Å²) < 4.78 is 47.4. The van der Waals surface area contributed by atoms with Crippen LogP contribution in [0.1, 0.15) is 32.9 Å². The average Bonchev–Trinajstić information content (AvgIpc) is 3.03. The SMILES string of the molecule is COc1ccc(C(=O)NCc2ccc(-n3nc(C)cc3C)cc2C(F)(F)F)cc1. The van der Waals surface area contributed by atoms with E-state index in [0.29, 0.717) is 22.7 Å². The number of rotatable bonds is 5. The Morgan fingerprint density at radius 3 is 2.34 bits per heavy atom. The van der Waals surface area contributed by atoms with Crippen molar-refractivity contribution in [3.05, 3.63) is 76.6 Å². The highest BCUT2D eigenvalue weighted by Crippen LogP contribution is 2.33. The molecule has 0 aliphatic carbocycles. The van der Waals surface area contributed by atoms with Gasteiger partial charge in [-0.15, -0.1) is 0 Å². The van der Waals surface area contributed by atoms with Gasteiger partial charge in [-0.1, -0.05) is 6.07 Å². The first kappa shape index (κ1) is 20.4. The fraction of sp³-hybridized carbons (Fsp3) is 0.238. The van der Waals surface area contributed by atoms with E-state index in [1.54, 1.807) is 50.2 Å². The van der Waals surface area contributed by atoms with Crippen LogP contribution in [-0.2, 0) is 12.7 Å². The zero-order valence-electron chi connectivity index (χ0n) is 16.2. The second-order valence-corrected chi connectivity index (χ2v) is 6.59. The quantitative estimate of drug-likeness (QED) is 0.685. The highest BCUT2D eigenvalue weighted by atomic mass is 19.4. The lowest BCUT2D eigenvalue weighted by Gasteiger charge is -2.16.